The molecule has 0 aliphatic carbocycles. The lowest BCUT2D eigenvalue weighted by molar-refractivity contribution is 0.102. The molecule has 0 saturated heterocycles. The van der Waals surface area contributed by atoms with Crippen LogP contribution in [0.4, 0.5) is 5.69 Å². The van der Waals surface area contributed by atoms with Crippen molar-refractivity contribution in [2.24, 2.45) is 0 Å². The molecule has 0 atom stereocenters. The molecule has 2 aromatic carbocycles. The molecule has 0 unspecified atom stereocenters. The summed E-state index contributed by atoms with van der Waals surface area (Å²) in [6.07, 6.45) is 3.13. The number of hydrogen-bond acceptors (Lipinski definition) is 6. The Hall–Kier alpha value is -3.71. The van der Waals surface area contributed by atoms with Crippen molar-refractivity contribution in [2.75, 3.05) is 5.32 Å². The van der Waals surface area contributed by atoms with Gasteiger partial charge in [-0.15, -0.1) is 10.2 Å². The summed E-state index contributed by atoms with van der Waals surface area (Å²) in [6, 6.07) is 17.5. The summed E-state index contributed by atoms with van der Waals surface area (Å²) in [5, 5.41) is 11.4. The predicted molar refractivity (Wildman–Crippen MR) is 108 cm³/mol. The molecule has 0 saturated carbocycles. The van der Waals surface area contributed by atoms with Crippen LogP contribution in [0.3, 0.4) is 0 Å². The quantitative estimate of drug-likeness (QED) is 0.502. The fraction of sp³-hybridized carbons (Fsp3) is 0.0476. The van der Waals surface area contributed by atoms with Crippen LogP contribution in [0.5, 0.6) is 5.75 Å². The maximum Gasteiger partial charge on any atom is 0.257 e. The van der Waals surface area contributed by atoms with Crippen LogP contribution in [0.25, 0.3) is 11.5 Å². The zero-order valence-electron chi connectivity index (χ0n) is 15.1. The Morgan fingerprint density at radius 2 is 1.83 bits per heavy atom. The van der Waals surface area contributed by atoms with E-state index in [4.69, 9.17) is 20.8 Å². The molecule has 0 radical (unpaired) electrons. The first-order valence-electron chi connectivity index (χ1n) is 8.70. The van der Waals surface area contributed by atoms with Crippen LogP contribution >= 0.6 is 11.6 Å². The van der Waals surface area contributed by atoms with Crippen LogP contribution in [0.1, 0.15) is 16.2 Å². The maximum absolute atomic E-state index is 12.1. The summed E-state index contributed by atoms with van der Waals surface area (Å²) in [5.74, 6) is 1.13. The average molecular weight is 407 g/mol. The Morgan fingerprint density at radius 1 is 1.03 bits per heavy atom. The minimum Gasteiger partial charge on any atom is -0.484 e. The number of nitrogens with one attached hydrogen (secondary N) is 1. The van der Waals surface area contributed by atoms with Gasteiger partial charge in [0, 0.05) is 28.7 Å². The van der Waals surface area contributed by atoms with Crippen LogP contribution in [-0.2, 0) is 6.61 Å². The summed E-state index contributed by atoms with van der Waals surface area (Å²) in [5.41, 5.74) is 1.91. The lowest BCUT2D eigenvalue weighted by Crippen LogP contribution is -2.11. The minimum atomic E-state index is -0.229. The third kappa shape index (κ3) is 4.77. The van der Waals surface area contributed by atoms with Gasteiger partial charge in [0.15, 0.2) is 6.61 Å². The fourth-order valence-electron chi connectivity index (χ4n) is 2.50. The Labute approximate surface area is 171 Å². The van der Waals surface area contributed by atoms with Crippen LogP contribution in [-0.4, -0.2) is 21.1 Å². The van der Waals surface area contributed by atoms with Gasteiger partial charge in [-0.05, 0) is 60.7 Å². The number of aromatic nitrogens is 3. The predicted octanol–water partition coefficient (Wildman–Crippen LogP) is 4.62. The smallest absolute Gasteiger partial charge is 0.257 e. The molecule has 0 aliphatic heterocycles. The zero-order valence-corrected chi connectivity index (χ0v) is 15.8. The number of carbonyl (C=O) groups is 1. The first-order chi connectivity index (χ1) is 14.2. The molecule has 4 aromatic rings. The van der Waals surface area contributed by atoms with Gasteiger partial charge in [-0.2, -0.15) is 0 Å². The van der Waals surface area contributed by atoms with E-state index in [1.54, 1.807) is 66.9 Å². The second-order valence-electron chi connectivity index (χ2n) is 6.02. The molecule has 1 N–H and O–H groups in total. The van der Waals surface area contributed by atoms with E-state index in [-0.39, 0.29) is 12.5 Å². The number of rotatable bonds is 6. The van der Waals surface area contributed by atoms with Gasteiger partial charge in [-0.3, -0.25) is 9.78 Å². The largest absolute Gasteiger partial charge is 0.484 e. The van der Waals surface area contributed by atoms with E-state index in [0.717, 1.165) is 5.56 Å². The molecule has 0 bridgehead atoms. The number of pyridine rings is 1. The second kappa shape index (κ2) is 8.53. The van der Waals surface area contributed by atoms with E-state index in [2.05, 4.69) is 20.5 Å². The number of nitrogens with zero attached hydrogens (tertiary/aromatic N) is 3. The number of halogens is 1. The molecular formula is C21H15ClN4O3. The van der Waals surface area contributed by atoms with Crippen molar-refractivity contribution in [2.45, 2.75) is 6.61 Å². The molecular weight excluding hydrogens is 392 g/mol. The molecule has 4 rings (SSSR count). The monoisotopic (exact) mass is 406 g/mol. The summed E-state index contributed by atoms with van der Waals surface area (Å²) >= 11 is 5.88. The van der Waals surface area contributed by atoms with E-state index in [9.17, 15) is 4.79 Å². The standard InChI is InChI=1S/C21H15ClN4O3/c22-16-5-3-14(4-6-16)21-26-25-19(29-21)13-28-18-9-7-17(8-10-18)24-20(27)15-2-1-11-23-12-15/h1-12H,13H2,(H,24,27). The SMILES string of the molecule is O=C(Nc1ccc(OCc2nnc(-c3ccc(Cl)cc3)o2)cc1)c1cccnc1. The Bertz CT molecular complexity index is 1100. The van der Waals surface area contributed by atoms with E-state index < -0.39 is 0 Å². The molecule has 8 heteroatoms. The van der Waals surface area contributed by atoms with Gasteiger partial charge in [-0.25, -0.2) is 0 Å². The first-order valence-corrected chi connectivity index (χ1v) is 9.08. The maximum atomic E-state index is 12.1. The highest BCUT2D eigenvalue weighted by atomic mass is 35.5. The summed E-state index contributed by atoms with van der Waals surface area (Å²) in [7, 11) is 0. The molecule has 2 aromatic heterocycles. The lowest BCUT2D eigenvalue weighted by atomic mass is 10.2. The van der Waals surface area contributed by atoms with Gasteiger partial charge in [0.05, 0.1) is 5.56 Å². The normalized spacial score (nSPS) is 10.5. The number of hydrogen-bond donors (Lipinski definition) is 1. The third-order valence-corrected chi connectivity index (χ3v) is 4.21. The van der Waals surface area contributed by atoms with Gasteiger partial charge < -0.3 is 14.5 Å². The van der Waals surface area contributed by atoms with E-state index in [1.807, 2.05) is 0 Å². The second-order valence-corrected chi connectivity index (χ2v) is 6.45. The number of anilines is 1. The number of amides is 1. The summed E-state index contributed by atoms with van der Waals surface area (Å²) in [6.45, 7) is 0.127. The van der Waals surface area contributed by atoms with Gasteiger partial charge in [-0.1, -0.05) is 11.6 Å². The molecule has 1 amide bonds. The molecule has 0 fully saturated rings. The zero-order chi connectivity index (χ0) is 20.1. The summed E-state index contributed by atoms with van der Waals surface area (Å²) < 4.78 is 11.3. The molecule has 7 nitrogen and oxygen atoms in total. The van der Waals surface area contributed by atoms with Crippen molar-refractivity contribution >= 4 is 23.2 Å². The van der Waals surface area contributed by atoms with Gasteiger partial charge in [0.1, 0.15) is 5.75 Å². The highest BCUT2D eigenvalue weighted by Gasteiger charge is 2.10. The fourth-order valence-corrected chi connectivity index (χ4v) is 2.63. The van der Waals surface area contributed by atoms with Crippen LogP contribution in [0.15, 0.2) is 77.5 Å². The van der Waals surface area contributed by atoms with Crippen molar-refractivity contribution in [1.82, 2.24) is 15.2 Å². The Balaban J connectivity index is 1.34. The minimum absolute atomic E-state index is 0.127. The van der Waals surface area contributed by atoms with Crippen molar-refractivity contribution in [3.63, 3.8) is 0 Å². The highest BCUT2D eigenvalue weighted by Crippen LogP contribution is 2.21. The molecule has 144 valence electrons. The van der Waals surface area contributed by atoms with Crippen molar-refractivity contribution in [3.8, 4) is 17.2 Å². The van der Waals surface area contributed by atoms with Crippen LogP contribution in [0.2, 0.25) is 5.02 Å². The van der Waals surface area contributed by atoms with Crippen molar-refractivity contribution in [1.29, 1.82) is 0 Å². The third-order valence-electron chi connectivity index (χ3n) is 3.96. The van der Waals surface area contributed by atoms with Crippen LogP contribution < -0.4 is 10.1 Å². The van der Waals surface area contributed by atoms with Crippen molar-refractivity contribution in [3.05, 3.63) is 89.5 Å². The Kier molecular flexibility index (Phi) is 5.49. The van der Waals surface area contributed by atoms with Crippen molar-refractivity contribution < 1.29 is 13.9 Å². The number of benzene rings is 2. The van der Waals surface area contributed by atoms with Crippen LogP contribution in [0, 0.1) is 0 Å². The first kappa shape index (κ1) is 18.6. The molecule has 29 heavy (non-hydrogen) atoms. The van der Waals surface area contributed by atoms with Gasteiger partial charge >= 0.3 is 0 Å². The lowest BCUT2D eigenvalue weighted by Gasteiger charge is -2.07. The average Bonchev–Trinajstić information content (AvgIpc) is 3.23. The topological polar surface area (TPSA) is 90.1 Å². The van der Waals surface area contributed by atoms with E-state index in [0.29, 0.717) is 33.8 Å². The van der Waals surface area contributed by atoms with E-state index >= 15 is 0 Å². The molecule has 0 aliphatic rings. The van der Waals surface area contributed by atoms with Gasteiger partial charge in [0.2, 0.25) is 5.89 Å². The molecule has 0 spiro atoms. The van der Waals surface area contributed by atoms with Gasteiger partial charge in [0.25, 0.3) is 11.8 Å². The number of carbonyl (C=O) groups excluding carboxylic acids is 1. The highest BCUT2D eigenvalue weighted by molar-refractivity contribution is 6.30. The number of ether oxygens (including phenoxy) is 1. The molecule has 2 heterocycles. The van der Waals surface area contributed by atoms with E-state index in [1.165, 1.54) is 6.20 Å². The summed E-state index contributed by atoms with van der Waals surface area (Å²) in [4.78, 5) is 16.1. The Morgan fingerprint density at radius 3 is 2.55 bits per heavy atom.